The van der Waals surface area contributed by atoms with Gasteiger partial charge in [0.05, 0.1) is 5.52 Å². The normalized spacial score (nSPS) is 15.5. The van der Waals surface area contributed by atoms with Crippen LogP contribution in [0.4, 0.5) is 0 Å². The number of rotatable bonds is 4. The van der Waals surface area contributed by atoms with Gasteiger partial charge >= 0.3 is 0 Å². The van der Waals surface area contributed by atoms with Gasteiger partial charge in [-0.2, -0.15) is 0 Å². The average Bonchev–Trinajstić information content (AvgIpc) is 3.01. The number of H-pyrrole nitrogens is 1. The van der Waals surface area contributed by atoms with E-state index in [-0.39, 0.29) is 23.9 Å². The molecule has 26 heavy (non-hydrogen) atoms. The summed E-state index contributed by atoms with van der Waals surface area (Å²) in [7, 11) is 0. The molecule has 1 fully saturated rings. The maximum Gasteiger partial charge on any atom is 0.272 e. The summed E-state index contributed by atoms with van der Waals surface area (Å²) in [5.41, 5.74) is 0.680. The molecule has 5 nitrogen and oxygen atoms in total. The lowest BCUT2D eigenvalue weighted by Gasteiger charge is -2.22. The van der Waals surface area contributed by atoms with Crippen LogP contribution in [0.1, 0.15) is 38.5 Å². The lowest BCUT2D eigenvalue weighted by atomic mass is 9.95. The minimum Gasteiger partial charge on any atom is -0.353 e. The van der Waals surface area contributed by atoms with Crippen LogP contribution in [-0.2, 0) is 11.3 Å². The Morgan fingerprint density at radius 1 is 1.27 bits per heavy atom. The highest BCUT2D eigenvalue weighted by atomic mass is 32.1. The molecule has 0 bridgehead atoms. The van der Waals surface area contributed by atoms with Crippen molar-refractivity contribution in [2.75, 3.05) is 0 Å². The highest BCUT2D eigenvalue weighted by molar-refractivity contribution is 7.71. The molecule has 0 atom stereocenters. The molecule has 136 valence electrons. The van der Waals surface area contributed by atoms with E-state index in [1.54, 1.807) is 0 Å². The lowest BCUT2D eigenvalue weighted by Crippen LogP contribution is -2.37. The summed E-state index contributed by atoms with van der Waals surface area (Å²) < 4.78 is 3.59. The van der Waals surface area contributed by atoms with E-state index >= 15 is 0 Å². The molecule has 0 saturated heterocycles. The van der Waals surface area contributed by atoms with Gasteiger partial charge in [-0.3, -0.25) is 14.2 Å². The second-order valence-electron chi connectivity index (χ2n) is 6.84. The zero-order valence-electron chi connectivity index (χ0n) is 14.4. The van der Waals surface area contributed by atoms with Crippen molar-refractivity contribution < 1.29 is 4.79 Å². The quantitative estimate of drug-likeness (QED) is 0.662. The predicted octanol–water partition coefficient (Wildman–Crippen LogP) is 4.11. The van der Waals surface area contributed by atoms with E-state index in [9.17, 15) is 9.59 Å². The Morgan fingerprint density at radius 3 is 2.85 bits per heavy atom. The van der Waals surface area contributed by atoms with E-state index in [1.165, 1.54) is 35.2 Å². The molecule has 7 heteroatoms. The summed E-state index contributed by atoms with van der Waals surface area (Å²) in [6.45, 7) is 0.302. The van der Waals surface area contributed by atoms with Gasteiger partial charge in [-0.25, -0.2) is 0 Å². The fourth-order valence-electron chi connectivity index (χ4n) is 3.67. The number of amides is 1. The zero-order chi connectivity index (χ0) is 18.1. The predicted molar refractivity (Wildman–Crippen MR) is 108 cm³/mol. The third-order valence-electron chi connectivity index (χ3n) is 5.04. The van der Waals surface area contributed by atoms with Crippen molar-refractivity contribution in [1.29, 1.82) is 0 Å². The van der Waals surface area contributed by atoms with Gasteiger partial charge < -0.3 is 10.3 Å². The second-order valence-corrected chi connectivity index (χ2v) is 8.28. The molecule has 0 unspecified atom stereocenters. The Hall–Kier alpha value is -1.99. The summed E-state index contributed by atoms with van der Waals surface area (Å²) in [5.74, 6) is -0.00497. The number of carbonyl (C=O) groups excluding carboxylic acids is 1. The molecule has 1 aliphatic carbocycles. The molecular weight excluding hydrogens is 366 g/mol. The third-order valence-corrected chi connectivity index (χ3v) is 6.53. The van der Waals surface area contributed by atoms with Crippen molar-refractivity contribution in [2.45, 2.75) is 51.1 Å². The largest absolute Gasteiger partial charge is 0.353 e. The van der Waals surface area contributed by atoms with Gasteiger partial charge in [0.15, 0.2) is 4.77 Å². The Morgan fingerprint density at radius 2 is 2.04 bits per heavy atom. The molecule has 0 spiro atoms. The zero-order valence-corrected chi connectivity index (χ0v) is 16.0. The molecule has 2 N–H and O–H groups in total. The van der Waals surface area contributed by atoms with Crippen LogP contribution >= 0.6 is 23.6 Å². The van der Waals surface area contributed by atoms with Crippen molar-refractivity contribution in [1.82, 2.24) is 14.9 Å². The molecule has 0 aliphatic heterocycles. The number of carbonyl (C=O) groups is 1. The van der Waals surface area contributed by atoms with Gasteiger partial charge in [0.2, 0.25) is 5.91 Å². The van der Waals surface area contributed by atoms with Crippen molar-refractivity contribution in [2.24, 2.45) is 0 Å². The van der Waals surface area contributed by atoms with Gasteiger partial charge in [0.25, 0.3) is 5.56 Å². The molecule has 1 amide bonds. The van der Waals surface area contributed by atoms with Crippen LogP contribution in [0.15, 0.2) is 29.1 Å². The molecule has 4 rings (SSSR count). The first-order chi connectivity index (χ1) is 12.6. The maximum absolute atomic E-state index is 12.9. The molecule has 1 aromatic carbocycles. The van der Waals surface area contributed by atoms with Crippen LogP contribution in [-0.4, -0.2) is 21.5 Å². The van der Waals surface area contributed by atoms with Crippen molar-refractivity contribution in [3.05, 3.63) is 39.4 Å². The monoisotopic (exact) mass is 387 g/mol. The number of aromatic nitrogens is 2. The van der Waals surface area contributed by atoms with Gasteiger partial charge in [-0.05, 0) is 31.1 Å². The maximum atomic E-state index is 12.9. The first-order valence-electron chi connectivity index (χ1n) is 9.07. The Kier molecular flexibility index (Phi) is 4.91. The van der Waals surface area contributed by atoms with E-state index in [2.05, 4.69) is 10.3 Å². The lowest BCUT2D eigenvalue weighted by molar-refractivity contribution is -0.122. The molecule has 0 radical (unpaired) electrons. The van der Waals surface area contributed by atoms with Gasteiger partial charge in [-0.15, -0.1) is 11.3 Å². The van der Waals surface area contributed by atoms with Crippen molar-refractivity contribution in [3.8, 4) is 0 Å². The second kappa shape index (κ2) is 7.32. The number of hydrogen-bond donors (Lipinski definition) is 2. The van der Waals surface area contributed by atoms with Crippen molar-refractivity contribution in [3.63, 3.8) is 0 Å². The molecular formula is C19H21N3O2S2. The summed E-state index contributed by atoms with van der Waals surface area (Å²) in [6.07, 6.45) is 5.99. The van der Waals surface area contributed by atoms with Gasteiger partial charge in [-0.1, -0.05) is 37.5 Å². The number of nitrogens with zero attached hydrogens (tertiary/aromatic N) is 1. The minimum absolute atomic E-state index is 0.00497. The molecule has 2 heterocycles. The smallest absolute Gasteiger partial charge is 0.272 e. The van der Waals surface area contributed by atoms with Crippen LogP contribution in [0.2, 0.25) is 0 Å². The summed E-state index contributed by atoms with van der Waals surface area (Å²) >= 11 is 6.85. The highest BCUT2D eigenvalue weighted by Gasteiger charge is 2.16. The third kappa shape index (κ3) is 3.33. The summed E-state index contributed by atoms with van der Waals surface area (Å²) in [4.78, 5) is 28.3. The standard InChI is InChI=1S/C19H21N3O2S2/c23-15(20-12-6-2-1-3-7-12)10-11-22-18(24)17-16(21-19(22)25)13-8-4-5-9-14(13)26-17/h4-5,8-9,12H,1-3,6-7,10-11H2,(H,20,23)(H,21,25). The van der Waals surface area contributed by atoms with E-state index in [0.717, 1.165) is 28.4 Å². The van der Waals surface area contributed by atoms with E-state index in [1.807, 2.05) is 24.3 Å². The van der Waals surface area contributed by atoms with Crippen LogP contribution in [0.5, 0.6) is 0 Å². The molecule has 3 aromatic rings. The fraction of sp³-hybridized carbons (Fsp3) is 0.421. The number of hydrogen-bond acceptors (Lipinski definition) is 4. The van der Waals surface area contributed by atoms with Gasteiger partial charge in [0, 0.05) is 29.1 Å². The number of aromatic amines is 1. The Bertz CT molecular complexity index is 1070. The highest BCUT2D eigenvalue weighted by Crippen LogP contribution is 2.29. The van der Waals surface area contributed by atoms with Crippen LogP contribution in [0.3, 0.4) is 0 Å². The Balaban J connectivity index is 1.56. The topological polar surface area (TPSA) is 66.9 Å². The number of fused-ring (bicyclic) bond motifs is 3. The van der Waals surface area contributed by atoms with E-state index < -0.39 is 0 Å². The molecule has 2 aromatic heterocycles. The first kappa shape index (κ1) is 17.4. The van der Waals surface area contributed by atoms with Crippen LogP contribution < -0.4 is 10.9 Å². The van der Waals surface area contributed by atoms with Crippen LogP contribution in [0, 0.1) is 4.77 Å². The van der Waals surface area contributed by atoms with E-state index in [4.69, 9.17) is 12.2 Å². The summed E-state index contributed by atoms with van der Waals surface area (Å²) in [6, 6.07) is 8.18. The molecule has 1 aliphatic rings. The Labute approximate surface area is 160 Å². The summed E-state index contributed by atoms with van der Waals surface area (Å²) in [5, 5.41) is 4.10. The SMILES string of the molecule is O=C(CCn1c(=S)[nH]c2c(sc3ccccc32)c1=O)NC1CCCCC1. The minimum atomic E-state index is -0.115. The number of nitrogens with one attached hydrogen (secondary N) is 2. The van der Waals surface area contributed by atoms with Crippen molar-refractivity contribution >= 4 is 49.8 Å². The van der Waals surface area contributed by atoms with Crippen LogP contribution in [0.25, 0.3) is 20.3 Å². The van der Waals surface area contributed by atoms with E-state index in [0.29, 0.717) is 16.0 Å². The average molecular weight is 388 g/mol. The van der Waals surface area contributed by atoms with Gasteiger partial charge in [0.1, 0.15) is 4.70 Å². The first-order valence-corrected chi connectivity index (χ1v) is 10.3. The fourth-order valence-corrected chi connectivity index (χ4v) is 5.06. The number of thiophene rings is 1. The molecule has 1 saturated carbocycles. The number of benzene rings is 1.